The van der Waals surface area contributed by atoms with Gasteiger partial charge in [-0.2, -0.15) is 5.10 Å². The van der Waals surface area contributed by atoms with Crippen molar-refractivity contribution in [2.45, 2.75) is 38.0 Å². The number of hydrogen-bond donors (Lipinski definition) is 1. The van der Waals surface area contributed by atoms with E-state index in [9.17, 15) is 9.90 Å². The van der Waals surface area contributed by atoms with E-state index in [2.05, 4.69) is 10.1 Å². The Kier molecular flexibility index (Phi) is 2.74. The molecule has 1 N–H and O–H groups in total. The first kappa shape index (κ1) is 11.2. The van der Waals surface area contributed by atoms with Crippen LogP contribution in [0.5, 0.6) is 0 Å². The molecule has 1 fully saturated rings. The Bertz CT molecular complexity index is 585. The normalized spacial score (nSPS) is 17.1. The van der Waals surface area contributed by atoms with Crippen LogP contribution in [-0.2, 0) is 0 Å². The van der Waals surface area contributed by atoms with E-state index in [0.29, 0.717) is 11.6 Å². The fourth-order valence-electron chi connectivity index (χ4n) is 2.76. The molecule has 3 rings (SSSR count). The lowest BCUT2D eigenvalue weighted by Crippen LogP contribution is -2.09. The molecule has 0 spiro atoms. The van der Waals surface area contributed by atoms with Crippen molar-refractivity contribution < 1.29 is 9.90 Å². The summed E-state index contributed by atoms with van der Waals surface area (Å²) in [4.78, 5) is 15.3. The number of nitrogens with zero attached hydrogens (tertiary/aromatic N) is 3. The van der Waals surface area contributed by atoms with Crippen LogP contribution in [0.2, 0.25) is 0 Å². The topological polar surface area (TPSA) is 67.5 Å². The number of carboxylic acid groups (broad SMARTS) is 1. The van der Waals surface area contributed by atoms with Crippen molar-refractivity contribution in [2.75, 3.05) is 0 Å². The van der Waals surface area contributed by atoms with Crippen molar-refractivity contribution in [3.8, 4) is 0 Å². The van der Waals surface area contributed by atoms with Crippen molar-refractivity contribution >= 4 is 11.6 Å². The minimum atomic E-state index is -0.939. The first-order valence-corrected chi connectivity index (χ1v) is 6.32. The lowest BCUT2D eigenvalue weighted by atomic mass is 9.84. The standard InChI is InChI=1S/C13H15N3O2/c17-13(18)11-6-10(9-4-2-1-3-5-9)7-16-12(11)14-8-15-16/h6-9H,1-5H2,(H,17,18). The van der Waals surface area contributed by atoms with Gasteiger partial charge < -0.3 is 5.11 Å². The smallest absolute Gasteiger partial charge is 0.339 e. The fraction of sp³-hybridized carbons (Fsp3) is 0.462. The van der Waals surface area contributed by atoms with Crippen LogP contribution in [0.4, 0.5) is 0 Å². The zero-order valence-electron chi connectivity index (χ0n) is 10.0. The molecule has 1 aliphatic rings. The van der Waals surface area contributed by atoms with E-state index in [1.165, 1.54) is 25.6 Å². The van der Waals surface area contributed by atoms with Crippen molar-refractivity contribution in [1.29, 1.82) is 0 Å². The lowest BCUT2D eigenvalue weighted by molar-refractivity contribution is 0.0698. The first-order valence-electron chi connectivity index (χ1n) is 6.32. The molecule has 2 aromatic heterocycles. The highest BCUT2D eigenvalue weighted by molar-refractivity contribution is 5.94. The molecule has 5 heteroatoms. The summed E-state index contributed by atoms with van der Waals surface area (Å²) in [7, 11) is 0. The number of fused-ring (bicyclic) bond motifs is 1. The van der Waals surface area contributed by atoms with Crippen molar-refractivity contribution in [2.24, 2.45) is 0 Å². The molecule has 0 aromatic carbocycles. The average molecular weight is 245 g/mol. The summed E-state index contributed by atoms with van der Waals surface area (Å²) in [5, 5.41) is 13.3. The number of carboxylic acids is 1. The molecule has 2 heterocycles. The number of carbonyl (C=O) groups is 1. The fourth-order valence-corrected chi connectivity index (χ4v) is 2.76. The lowest BCUT2D eigenvalue weighted by Gasteiger charge is -2.22. The predicted octanol–water partition coefficient (Wildman–Crippen LogP) is 2.48. The molecular weight excluding hydrogens is 230 g/mol. The Morgan fingerprint density at radius 3 is 2.83 bits per heavy atom. The Balaban J connectivity index is 2.09. The number of pyridine rings is 1. The Morgan fingerprint density at radius 1 is 1.33 bits per heavy atom. The van der Waals surface area contributed by atoms with Gasteiger partial charge in [0.25, 0.3) is 0 Å². The van der Waals surface area contributed by atoms with Crippen LogP contribution in [0.3, 0.4) is 0 Å². The maximum atomic E-state index is 11.3. The quantitative estimate of drug-likeness (QED) is 0.882. The molecular formula is C13H15N3O2. The van der Waals surface area contributed by atoms with Crippen LogP contribution in [0.25, 0.3) is 5.65 Å². The summed E-state index contributed by atoms with van der Waals surface area (Å²) in [6, 6.07) is 1.77. The SMILES string of the molecule is O=C(O)c1cc(C2CCCCC2)cn2ncnc12. The highest BCUT2D eigenvalue weighted by Crippen LogP contribution is 2.33. The summed E-state index contributed by atoms with van der Waals surface area (Å²) < 4.78 is 1.58. The van der Waals surface area contributed by atoms with Crippen molar-refractivity contribution in [1.82, 2.24) is 14.6 Å². The zero-order chi connectivity index (χ0) is 12.5. The monoisotopic (exact) mass is 245 g/mol. The van der Waals surface area contributed by atoms with E-state index >= 15 is 0 Å². The van der Waals surface area contributed by atoms with Gasteiger partial charge in [-0.15, -0.1) is 0 Å². The minimum absolute atomic E-state index is 0.246. The molecule has 0 radical (unpaired) electrons. The molecule has 2 aromatic rings. The average Bonchev–Trinajstić information content (AvgIpc) is 2.86. The van der Waals surface area contributed by atoms with E-state index in [1.54, 1.807) is 10.6 Å². The van der Waals surface area contributed by atoms with Gasteiger partial charge in [-0.1, -0.05) is 19.3 Å². The molecule has 1 aliphatic carbocycles. The third-order valence-corrected chi connectivity index (χ3v) is 3.70. The third-order valence-electron chi connectivity index (χ3n) is 3.70. The van der Waals surface area contributed by atoms with Crippen LogP contribution in [0.1, 0.15) is 53.9 Å². The molecule has 1 saturated carbocycles. The van der Waals surface area contributed by atoms with E-state index in [0.717, 1.165) is 18.4 Å². The Morgan fingerprint density at radius 2 is 2.11 bits per heavy atom. The van der Waals surface area contributed by atoms with Crippen LogP contribution in [0.15, 0.2) is 18.6 Å². The zero-order valence-corrected chi connectivity index (χ0v) is 10.0. The molecule has 0 bridgehead atoms. The molecule has 0 amide bonds. The van der Waals surface area contributed by atoms with Gasteiger partial charge in [0.05, 0.1) is 0 Å². The van der Waals surface area contributed by atoms with Gasteiger partial charge in [-0.25, -0.2) is 14.3 Å². The maximum Gasteiger partial charge on any atom is 0.339 e. The molecule has 0 unspecified atom stereocenters. The van der Waals surface area contributed by atoms with Crippen LogP contribution >= 0.6 is 0 Å². The molecule has 5 nitrogen and oxygen atoms in total. The second-order valence-electron chi connectivity index (χ2n) is 4.86. The van der Waals surface area contributed by atoms with Crippen molar-refractivity contribution in [3.05, 3.63) is 29.7 Å². The van der Waals surface area contributed by atoms with Gasteiger partial charge in [0.2, 0.25) is 0 Å². The van der Waals surface area contributed by atoms with Gasteiger partial charge in [-0.05, 0) is 30.4 Å². The minimum Gasteiger partial charge on any atom is -0.478 e. The summed E-state index contributed by atoms with van der Waals surface area (Å²) >= 11 is 0. The Labute approximate surface area is 104 Å². The molecule has 0 saturated heterocycles. The highest BCUT2D eigenvalue weighted by atomic mass is 16.4. The molecule has 18 heavy (non-hydrogen) atoms. The number of aromatic nitrogens is 3. The van der Waals surface area contributed by atoms with Crippen LogP contribution in [-0.4, -0.2) is 25.7 Å². The van der Waals surface area contributed by atoms with E-state index < -0.39 is 5.97 Å². The number of aromatic carboxylic acids is 1. The summed E-state index contributed by atoms with van der Waals surface area (Å²) in [6.07, 6.45) is 9.33. The molecule has 94 valence electrons. The van der Waals surface area contributed by atoms with Crippen LogP contribution in [0, 0.1) is 0 Å². The third kappa shape index (κ3) is 1.85. The van der Waals surface area contributed by atoms with E-state index in [1.807, 2.05) is 6.20 Å². The summed E-state index contributed by atoms with van der Waals surface area (Å²) in [6.45, 7) is 0. The van der Waals surface area contributed by atoms with Crippen molar-refractivity contribution in [3.63, 3.8) is 0 Å². The molecule has 0 atom stereocenters. The van der Waals surface area contributed by atoms with E-state index in [4.69, 9.17) is 0 Å². The molecule has 0 aliphatic heterocycles. The van der Waals surface area contributed by atoms with Gasteiger partial charge in [-0.3, -0.25) is 0 Å². The summed E-state index contributed by atoms with van der Waals surface area (Å²) in [5.41, 5.74) is 1.74. The van der Waals surface area contributed by atoms with Gasteiger partial charge >= 0.3 is 5.97 Å². The highest BCUT2D eigenvalue weighted by Gasteiger charge is 2.20. The van der Waals surface area contributed by atoms with Crippen LogP contribution < -0.4 is 0 Å². The summed E-state index contributed by atoms with van der Waals surface area (Å²) in [5.74, 6) is -0.476. The second kappa shape index (κ2) is 4.40. The van der Waals surface area contributed by atoms with Gasteiger partial charge in [0.1, 0.15) is 11.9 Å². The number of hydrogen-bond acceptors (Lipinski definition) is 3. The van der Waals surface area contributed by atoms with E-state index in [-0.39, 0.29) is 5.56 Å². The number of rotatable bonds is 2. The van der Waals surface area contributed by atoms with Gasteiger partial charge in [0, 0.05) is 6.20 Å². The Hall–Kier alpha value is -1.91. The largest absolute Gasteiger partial charge is 0.478 e. The predicted molar refractivity (Wildman–Crippen MR) is 65.8 cm³/mol. The van der Waals surface area contributed by atoms with Gasteiger partial charge in [0.15, 0.2) is 5.65 Å². The first-order chi connectivity index (χ1) is 8.75. The maximum absolute atomic E-state index is 11.3. The second-order valence-corrected chi connectivity index (χ2v) is 4.86.